The van der Waals surface area contributed by atoms with Crippen LogP contribution in [0.5, 0.6) is 0 Å². The molecule has 0 saturated heterocycles. The Kier molecular flexibility index (Phi) is 6.42. The lowest BCUT2D eigenvalue weighted by molar-refractivity contribution is -0.138. The van der Waals surface area contributed by atoms with Crippen molar-refractivity contribution in [2.75, 3.05) is 10.8 Å². The van der Waals surface area contributed by atoms with E-state index in [0.717, 1.165) is 18.0 Å². The minimum atomic E-state index is -4.54. The number of rotatable bonds is 6. The Balaban J connectivity index is 1.70. The third kappa shape index (κ3) is 5.35. The number of carboxylic acids is 1. The predicted molar refractivity (Wildman–Crippen MR) is 121 cm³/mol. The van der Waals surface area contributed by atoms with Gasteiger partial charge >= 0.3 is 12.1 Å². The fourth-order valence-electron chi connectivity index (χ4n) is 3.12. The maximum atomic E-state index is 13.0. The van der Waals surface area contributed by atoms with Crippen LogP contribution < -0.4 is 4.31 Å². The van der Waals surface area contributed by atoms with E-state index in [1.807, 2.05) is 0 Å². The number of alkyl halides is 3. The van der Waals surface area contributed by atoms with Crippen LogP contribution in [0.25, 0.3) is 16.7 Å². The molecule has 0 fully saturated rings. The summed E-state index contributed by atoms with van der Waals surface area (Å²) in [5.41, 5.74) is 0.243. The van der Waals surface area contributed by atoms with Crippen molar-refractivity contribution in [2.24, 2.45) is 0 Å². The molecule has 2 aromatic carbocycles. The van der Waals surface area contributed by atoms with E-state index in [9.17, 15) is 23.1 Å². The maximum Gasteiger partial charge on any atom is 0.418 e. The summed E-state index contributed by atoms with van der Waals surface area (Å²) in [5.74, 6) is -1.04. The Hall–Kier alpha value is -2.95. The Bertz CT molecular complexity index is 1330. The fourth-order valence-corrected chi connectivity index (χ4v) is 4.78. The van der Waals surface area contributed by atoms with Gasteiger partial charge in [-0.05, 0) is 60.5 Å². The smallest absolute Gasteiger partial charge is 0.418 e. The van der Waals surface area contributed by atoms with Crippen LogP contribution in [-0.2, 0) is 11.0 Å². The molecule has 0 radical (unpaired) electrons. The molecule has 0 amide bonds. The first kappa shape index (κ1) is 23.2. The third-order valence-corrected chi connectivity index (χ3v) is 5.95. The minimum Gasteiger partial charge on any atom is -0.480 e. The molecule has 2 heterocycles. The molecule has 0 spiro atoms. The summed E-state index contributed by atoms with van der Waals surface area (Å²) in [5, 5.41) is 18.1. The molecule has 0 atom stereocenters. The second kappa shape index (κ2) is 9.12. The van der Waals surface area contributed by atoms with E-state index in [4.69, 9.17) is 23.2 Å². The number of halogens is 5. The van der Waals surface area contributed by atoms with Crippen LogP contribution in [0.15, 0.2) is 65.8 Å². The van der Waals surface area contributed by atoms with Gasteiger partial charge in [0.25, 0.3) is 0 Å². The number of carboxylic acid groups (broad SMARTS) is 1. The molecule has 6 nitrogen and oxygen atoms in total. The number of nitrogens with zero attached hydrogens (tertiary/aromatic N) is 4. The van der Waals surface area contributed by atoms with Gasteiger partial charge in [0.2, 0.25) is 0 Å². The van der Waals surface area contributed by atoms with Gasteiger partial charge in [-0.3, -0.25) is 9.36 Å². The van der Waals surface area contributed by atoms with Crippen LogP contribution in [0, 0.1) is 0 Å². The summed E-state index contributed by atoms with van der Waals surface area (Å²) in [4.78, 5) is 12.1. The molecule has 12 heteroatoms. The third-order valence-electron chi connectivity index (χ3n) is 4.51. The standard InChI is InChI=1S/C21H13Cl2F3N4O2S/c22-14-7-15(23)9-17(8-14)33-30(11-20(31)32)16-1-2-18-12(5-16)3-4-29(18)19-6-13(10-27-28-19)21(24,25)26/h1-10H,11H2,(H,31,32). The van der Waals surface area contributed by atoms with Crippen molar-refractivity contribution in [3.05, 3.63) is 76.5 Å². The van der Waals surface area contributed by atoms with Gasteiger partial charge in [-0.1, -0.05) is 23.2 Å². The molecule has 0 aliphatic rings. The van der Waals surface area contributed by atoms with Gasteiger partial charge in [0, 0.05) is 32.2 Å². The fraction of sp³-hybridized carbons (Fsp3) is 0.0952. The summed E-state index contributed by atoms with van der Waals surface area (Å²) < 4.78 is 42.2. The van der Waals surface area contributed by atoms with E-state index in [-0.39, 0.29) is 12.4 Å². The van der Waals surface area contributed by atoms with Crippen LogP contribution in [0.2, 0.25) is 10.0 Å². The number of aliphatic carboxylic acids is 1. The largest absolute Gasteiger partial charge is 0.480 e. The second-order valence-electron chi connectivity index (χ2n) is 6.86. The Morgan fingerprint density at radius 2 is 1.82 bits per heavy atom. The molecule has 0 saturated carbocycles. The van der Waals surface area contributed by atoms with Crippen molar-refractivity contribution in [1.82, 2.24) is 14.8 Å². The van der Waals surface area contributed by atoms with Crippen molar-refractivity contribution in [2.45, 2.75) is 11.1 Å². The van der Waals surface area contributed by atoms with Crippen LogP contribution in [0.3, 0.4) is 0 Å². The Morgan fingerprint density at radius 3 is 2.48 bits per heavy atom. The molecule has 2 aromatic heterocycles. The molecule has 0 unspecified atom stereocenters. The molecule has 0 aliphatic carbocycles. The molecule has 33 heavy (non-hydrogen) atoms. The summed E-state index contributed by atoms with van der Waals surface area (Å²) in [6, 6.07) is 12.6. The van der Waals surface area contributed by atoms with Gasteiger partial charge in [0.1, 0.15) is 6.54 Å². The van der Waals surface area contributed by atoms with Crippen LogP contribution in [-0.4, -0.2) is 32.4 Å². The van der Waals surface area contributed by atoms with E-state index in [1.165, 1.54) is 4.57 Å². The van der Waals surface area contributed by atoms with Crippen molar-refractivity contribution in [3.63, 3.8) is 0 Å². The lowest BCUT2D eigenvalue weighted by Crippen LogP contribution is -2.22. The molecule has 4 rings (SSSR count). The molecular formula is C21H13Cl2F3N4O2S. The normalized spacial score (nSPS) is 11.7. The number of anilines is 1. The molecule has 1 N–H and O–H groups in total. The first-order valence-corrected chi connectivity index (χ1v) is 10.8. The highest BCUT2D eigenvalue weighted by Crippen LogP contribution is 2.35. The highest BCUT2D eigenvalue weighted by Gasteiger charge is 2.31. The summed E-state index contributed by atoms with van der Waals surface area (Å²) in [6.07, 6.45) is -2.31. The monoisotopic (exact) mass is 512 g/mol. The van der Waals surface area contributed by atoms with E-state index >= 15 is 0 Å². The lowest BCUT2D eigenvalue weighted by atomic mass is 10.2. The average molecular weight is 513 g/mol. The maximum absolute atomic E-state index is 13.0. The van der Waals surface area contributed by atoms with Gasteiger partial charge in [-0.2, -0.15) is 18.3 Å². The number of aromatic nitrogens is 3. The zero-order valence-electron chi connectivity index (χ0n) is 16.4. The summed E-state index contributed by atoms with van der Waals surface area (Å²) >= 11 is 13.2. The summed E-state index contributed by atoms with van der Waals surface area (Å²) in [6.45, 7) is -0.319. The van der Waals surface area contributed by atoms with E-state index < -0.39 is 17.7 Å². The molecular weight excluding hydrogens is 500 g/mol. The first-order valence-electron chi connectivity index (χ1n) is 9.25. The van der Waals surface area contributed by atoms with Crippen molar-refractivity contribution in [1.29, 1.82) is 0 Å². The van der Waals surface area contributed by atoms with Crippen molar-refractivity contribution < 1.29 is 23.1 Å². The van der Waals surface area contributed by atoms with Gasteiger partial charge in [-0.15, -0.1) is 5.10 Å². The van der Waals surface area contributed by atoms with Crippen LogP contribution in [0.1, 0.15) is 5.56 Å². The molecule has 4 aromatic rings. The number of fused-ring (bicyclic) bond motifs is 1. The van der Waals surface area contributed by atoms with Gasteiger partial charge in [0.05, 0.1) is 17.3 Å². The van der Waals surface area contributed by atoms with Gasteiger partial charge in [-0.25, -0.2) is 0 Å². The highest BCUT2D eigenvalue weighted by atomic mass is 35.5. The minimum absolute atomic E-state index is 0.0120. The molecule has 0 bridgehead atoms. The number of benzene rings is 2. The lowest BCUT2D eigenvalue weighted by Gasteiger charge is -2.22. The number of carbonyl (C=O) groups is 1. The Morgan fingerprint density at radius 1 is 1.09 bits per heavy atom. The van der Waals surface area contributed by atoms with Crippen LogP contribution >= 0.6 is 35.1 Å². The van der Waals surface area contributed by atoms with E-state index in [2.05, 4.69) is 10.2 Å². The summed E-state index contributed by atoms with van der Waals surface area (Å²) in [7, 11) is 0. The average Bonchev–Trinajstić information content (AvgIpc) is 3.15. The zero-order valence-corrected chi connectivity index (χ0v) is 18.8. The first-order chi connectivity index (χ1) is 15.6. The Labute approximate surface area is 199 Å². The predicted octanol–water partition coefficient (Wildman–Crippen LogP) is 6.34. The van der Waals surface area contributed by atoms with Gasteiger partial charge in [0.15, 0.2) is 5.82 Å². The highest BCUT2D eigenvalue weighted by molar-refractivity contribution is 8.00. The molecule has 170 valence electrons. The SMILES string of the molecule is O=C(O)CN(Sc1cc(Cl)cc(Cl)c1)c1ccc2c(ccn2-c2cc(C(F)(F)F)cnn2)c1. The van der Waals surface area contributed by atoms with Gasteiger partial charge < -0.3 is 9.41 Å². The van der Waals surface area contributed by atoms with Crippen LogP contribution in [0.4, 0.5) is 18.9 Å². The second-order valence-corrected chi connectivity index (χ2v) is 8.82. The quantitative estimate of drug-likeness (QED) is 0.303. The topological polar surface area (TPSA) is 71.2 Å². The number of hydrogen-bond acceptors (Lipinski definition) is 5. The number of hydrogen-bond donors (Lipinski definition) is 1. The zero-order chi connectivity index (χ0) is 23.8. The van der Waals surface area contributed by atoms with Crippen molar-refractivity contribution in [3.8, 4) is 5.82 Å². The van der Waals surface area contributed by atoms with E-state index in [0.29, 0.717) is 37.7 Å². The van der Waals surface area contributed by atoms with E-state index in [1.54, 1.807) is 53.0 Å². The van der Waals surface area contributed by atoms with Crippen molar-refractivity contribution >= 4 is 57.7 Å². The molecule has 0 aliphatic heterocycles.